The van der Waals surface area contributed by atoms with Crippen LogP contribution in [0, 0.1) is 0 Å². The minimum absolute atomic E-state index is 0.00741. The monoisotopic (exact) mass is 350 g/mol. The molecule has 1 N–H and O–H groups in total. The maximum Gasteiger partial charge on any atom is 0.235 e. The van der Waals surface area contributed by atoms with Gasteiger partial charge in [-0.1, -0.05) is 18.2 Å². The molecule has 0 unspecified atom stereocenters. The van der Waals surface area contributed by atoms with Crippen LogP contribution in [0.15, 0.2) is 48.5 Å². The summed E-state index contributed by atoms with van der Waals surface area (Å²) in [6, 6.07) is 15.2. The highest BCUT2D eigenvalue weighted by atomic mass is 16.5. The largest absolute Gasteiger partial charge is 0.496 e. The molecule has 0 aromatic heterocycles. The number of nitrogens with one attached hydrogen (secondary N) is 1. The zero-order chi connectivity index (χ0) is 18.1. The maximum atomic E-state index is 12.9. The molecule has 0 atom stereocenters. The van der Waals surface area contributed by atoms with E-state index in [1.165, 1.54) is 0 Å². The third-order valence-electron chi connectivity index (χ3n) is 5.32. The Morgan fingerprint density at radius 1 is 1.12 bits per heavy atom. The molecule has 2 aromatic rings. The van der Waals surface area contributed by atoms with Gasteiger partial charge < -0.3 is 15.0 Å². The number of hydrogen-bond acceptors (Lipinski definition) is 3. The zero-order valence-electron chi connectivity index (χ0n) is 14.8. The maximum absolute atomic E-state index is 12.9. The van der Waals surface area contributed by atoms with E-state index in [4.69, 9.17) is 4.74 Å². The molecule has 1 aliphatic carbocycles. The fourth-order valence-electron chi connectivity index (χ4n) is 3.68. The van der Waals surface area contributed by atoms with E-state index in [9.17, 15) is 9.59 Å². The summed E-state index contributed by atoms with van der Waals surface area (Å²) in [6.45, 7) is 0.765. The van der Waals surface area contributed by atoms with Crippen LogP contribution in [0.2, 0.25) is 0 Å². The number of rotatable bonds is 5. The van der Waals surface area contributed by atoms with Crippen molar-refractivity contribution >= 4 is 23.2 Å². The van der Waals surface area contributed by atoms with Crippen LogP contribution in [-0.2, 0) is 15.0 Å². The van der Waals surface area contributed by atoms with Gasteiger partial charge in [0, 0.05) is 29.9 Å². The number of amides is 2. The van der Waals surface area contributed by atoms with Crippen molar-refractivity contribution in [1.29, 1.82) is 0 Å². The van der Waals surface area contributed by atoms with Gasteiger partial charge in [0.05, 0.1) is 12.5 Å². The van der Waals surface area contributed by atoms with Crippen molar-refractivity contribution in [3.63, 3.8) is 0 Å². The van der Waals surface area contributed by atoms with Gasteiger partial charge in [-0.25, -0.2) is 0 Å². The van der Waals surface area contributed by atoms with Crippen LogP contribution in [0.25, 0.3) is 0 Å². The molecule has 134 valence electrons. The molecular weight excluding hydrogens is 328 g/mol. The number of ether oxygens (including phenoxy) is 1. The quantitative estimate of drug-likeness (QED) is 0.898. The first kappa shape index (κ1) is 16.6. The number of para-hydroxylation sites is 1. The van der Waals surface area contributed by atoms with Crippen LogP contribution in [0.5, 0.6) is 5.75 Å². The molecule has 2 aliphatic rings. The summed E-state index contributed by atoms with van der Waals surface area (Å²) in [6.07, 6.45) is 3.15. The average molecular weight is 350 g/mol. The molecular formula is C21H22N2O3. The van der Waals surface area contributed by atoms with E-state index < -0.39 is 5.41 Å². The number of hydrogen-bond donors (Lipinski definition) is 1. The van der Waals surface area contributed by atoms with Crippen molar-refractivity contribution in [3.8, 4) is 5.75 Å². The molecule has 2 aromatic carbocycles. The van der Waals surface area contributed by atoms with Gasteiger partial charge in [-0.2, -0.15) is 0 Å². The van der Waals surface area contributed by atoms with Crippen LogP contribution < -0.4 is 15.0 Å². The topological polar surface area (TPSA) is 58.6 Å². The van der Waals surface area contributed by atoms with Crippen molar-refractivity contribution in [1.82, 2.24) is 0 Å². The Hall–Kier alpha value is -2.82. The minimum Gasteiger partial charge on any atom is -0.496 e. The molecule has 26 heavy (non-hydrogen) atoms. The summed E-state index contributed by atoms with van der Waals surface area (Å²) < 4.78 is 5.44. The Morgan fingerprint density at radius 3 is 2.46 bits per heavy atom. The third-order valence-corrected chi connectivity index (χ3v) is 5.32. The van der Waals surface area contributed by atoms with E-state index in [1.54, 1.807) is 12.0 Å². The number of carbonyl (C=O) groups is 2. The highest BCUT2D eigenvalue weighted by molar-refractivity contribution is 6.02. The number of benzene rings is 2. The Kier molecular flexibility index (Phi) is 4.15. The lowest BCUT2D eigenvalue weighted by atomic mass is 9.94. The molecule has 0 spiro atoms. The molecule has 1 saturated carbocycles. The van der Waals surface area contributed by atoms with E-state index in [2.05, 4.69) is 5.32 Å². The van der Waals surface area contributed by atoms with Gasteiger partial charge in [0.1, 0.15) is 5.75 Å². The summed E-state index contributed by atoms with van der Waals surface area (Å²) in [4.78, 5) is 26.6. The summed E-state index contributed by atoms with van der Waals surface area (Å²) in [5.74, 6) is 0.907. The predicted molar refractivity (Wildman–Crippen MR) is 101 cm³/mol. The normalized spacial score (nSPS) is 17.9. The Morgan fingerprint density at radius 2 is 1.85 bits per heavy atom. The SMILES string of the molecule is COc1ccccc1C1(C(=O)Nc2ccc(N3CCCC3=O)cc2)CC1. The first-order chi connectivity index (χ1) is 12.6. The van der Waals surface area contributed by atoms with Gasteiger partial charge in [0.25, 0.3) is 0 Å². The van der Waals surface area contributed by atoms with Crippen LogP contribution in [0.4, 0.5) is 11.4 Å². The van der Waals surface area contributed by atoms with Crippen molar-refractivity contribution in [2.24, 2.45) is 0 Å². The summed E-state index contributed by atoms with van der Waals surface area (Å²) >= 11 is 0. The molecule has 5 nitrogen and oxygen atoms in total. The fourth-order valence-corrected chi connectivity index (χ4v) is 3.68. The van der Waals surface area contributed by atoms with Crippen molar-refractivity contribution < 1.29 is 14.3 Å². The standard InChI is InChI=1S/C21H22N2O3/c1-26-18-6-3-2-5-17(18)21(12-13-21)20(25)22-15-8-10-16(11-9-15)23-14-4-7-19(23)24/h2-3,5-6,8-11H,4,7,12-14H2,1H3,(H,22,25). The Labute approximate surface area is 153 Å². The molecule has 1 saturated heterocycles. The number of anilines is 2. The lowest BCUT2D eigenvalue weighted by molar-refractivity contribution is -0.118. The van der Waals surface area contributed by atoms with E-state index in [1.807, 2.05) is 48.5 Å². The van der Waals surface area contributed by atoms with Crippen LogP contribution in [-0.4, -0.2) is 25.5 Å². The summed E-state index contributed by atoms with van der Waals surface area (Å²) in [7, 11) is 1.63. The summed E-state index contributed by atoms with van der Waals surface area (Å²) in [5, 5.41) is 3.03. The second-order valence-electron chi connectivity index (χ2n) is 6.93. The van der Waals surface area contributed by atoms with Crippen molar-refractivity contribution in [2.75, 3.05) is 23.9 Å². The van der Waals surface area contributed by atoms with E-state index in [0.29, 0.717) is 6.42 Å². The smallest absolute Gasteiger partial charge is 0.235 e. The van der Waals surface area contributed by atoms with Gasteiger partial charge in [0.15, 0.2) is 0 Å². The number of methoxy groups -OCH3 is 1. The zero-order valence-corrected chi connectivity index (χ0v) is 14.8. The minimum atomic E-state index is -0.504. The van der Waals surface area contributed by atoms with E-state index in [-0.39, 0.29) is 11.8 Å². The van der Waals surface area contributed by atoms with Gasteiger partial charge in [-0.3, -0.25) is 9.59 Å². The Balaban J connectivity index is 1.50. The summed E-state index contributed by atoms with van der Waals surface area (Å²) in [5.41, 5.74) is 2.07. The second-order valence-corrected chi connectivity index (χ2v) is 6.93. The molecule has 5 heteroatoms. The molecule has 2 amide bonds. The third kappa shape index (κ3) is 2.83. The second kappa shape index (κ2) is 6.48. The van der Waals surface area contributed by atoms with Crippen LogP contribution >= 0.6 is 0 Å². The first-order valence-corrected chi connectivity index (χ1v) is 8.99. The molecule has 1 heterocycles. The molecule has 4 rings (SSSR count). The van der Waals surface area contributed by atoms with Gasteiger partial charge in [-0.15, -0.1) is 0 Å². The number of carbonyl (C=O) groups excluding carboxylic acids is 2. The van der Waals surface area contributed by atoms with Gasteiger partial charge >= 0.3 is 0 Å². The lowest BCUT2D eigenvalue weighted by Crippen LogP contribution is -2.28. The average Bonchev–Trinajstić information content (AvgIpc) is 3.38. The number of nitrogens with zero attached hydrogens (tertiary/aromatic N) is 1. The first-order valence-electron chi connectivity index (χ1n) is 8.99. The van der Waals surface area contributed by atoms with Gasteiger partial charge in [0.2, 0.25) is 11.8 Å². The molecule has 0 radical (unpaired) electrons. The van der Waals surface area contributed by atoms with Crippen molar-refractivity contribution in [3.05, 3.63) is 54.1 Å². The molecule has 0 bridgehead atoms. The predicted octanol–water partition coefficient (Wildman–Crippen LogP) is 3.49. The highest BCUT2D eigenvalue weighted by Gasteiger charge is 2.52. The van der Waals surface area contributed by atoms with Crippen LogP contribution in [0.1, 0.15) is 31.2 Å². The highest BCUT2D eigenvalue weighted by Crippen LogP contribution is 2.52. The Bertz CT molecular complexity index is 841. The lowest BCUT2D eigenvalue weighted by Gasteiger charge is -2.19. The molecule has 2 fully saturated rings. The van der Waals surface area contributed by atoms with Gasteiger partial charge in [-0.05, 0) is 49.6 Å². The molecule has 1 aliphatic heterocycles. The van der Waals surface area contributed by atoms with E-state index in [0.717, 1.165) is 48.5 Å². The van der Waals surface area contributed by atoms with Crippen LogP contribution in [0.3, 0.4) is 0 Å². The van der Waals surface area contributed by atoms with E-state index >= 15 is 0 Å². The van der Waals surface area contributed by atoms with Crippen molar-refractivity contribution in [2.45, 2.75) is 31.1 Å². The fraction of sp³-hybridized carbons (Fsp3) is 0.333.